The molecule has 5 rings (SSSR count). The Kier molecular flexibility index (Phi) is 4.11. The summed E-state index contributed by atoms with van der Waals surface area (Å²) in [7, 11) is 1.80. The van der Waals surface area contributed by atoms with Crippen LogP contribution in [0.25, 0.3) is 32.9 Å². The Hall–Kier alpha value is -2.50. The van der Waals surface area contributed by atoms with E-state index in [-0.39, 0.29) is 5.56 Å². The van der Waals surface area contributed by atoms with E-state index in [1.807, 2.05) is 42.6 Å². The molecule has 1 fully saturated rings. The molecule has 2 heterocycles. The van der Waals surface area contributed by atoms with Gasteiger partial charge in [0.25, 0.3) is 5.56 Å². The molecule has 0 N–H and O–H groups in total. The Morgan fingerprint density at radius 1 is 1.07 bits per heavy atom. The third-order valence-corrected chi connectivity index (χ3v) is 6.70. The number of benzene rings is 2. The molecule has 0 amide bonds. The molecule has 2 aromatic heterocycles. The predicted molar refractivity (Wildman–Crippen MR) is 115 cm³/mol. The molecule has 1 saturated carbocycles. The molecule has 1 aliphatic carbocycles. The first-order valence-electron chi connectivity index (χ1n) is 9.59. The first-order chi connectivity index (χ1) is 13.5. The van der Waals surface area contributed by atoms with Crippen LogP contribution in [0, 0.1) is 5.92 Å². The fourth-order valence-electron chi connectivity index (χ4n) is 4.11. The second kappa shape index (κ2) is 6.54. The maximum Gasteiger partial charge on any atom is 0.258 e. The summed E-state index contributed by atoms with van der Waals surface area (Å²) in [6.07, 6.45) is 6.18. The molecule has 0 radical (unpaired) electrons. The van der Waals surface area contributed by atoms with E-state index < -0.39 is 11.2 Å². The van der Waals surface area contributed by atoms with Crippen molar-refractivity contribution in [3.05, 3.63) is 65.1 Å². The maximum atomic E-state index is 12.6. The molecule has 5 heteroatoms. The van der Waals surface area contributed by atoms with Gasteiger partial charge in [0.1, 0.15) is 6.26 Å². The van der Waals surface area contributed by atoms with Crippen LogP contribution in [0.1, 0.15) is 12.8 Å². The Labute approximate surface area is 166 Å². The molecule has 0 aliphatic heterocycles. The van der Waals surface area contributed by atoms with Crippen LogP contribution in [0.3, 0.4) is 0 Å². The fraction of sp³-hybridized carbons (Fsp3) is 0.261. The van der Waals surface area contributed by atoms with Gasteiger partial charge in [-0.1, -0.05) is 24.3 Å². The van der Waals surface area contributed by atoms with Crippen molar-refractivity contribution in [2.24, 2.45) is 13.0 Å². The van der Waals surface area contributed by atoms with E-state index in [1.54, 1.807) is 17.9 Å². The van der Waals surface area contributed by atoms with Crippen molar-refractivity contribution in [3.8, 4) is 11.3 Å². The van der Waals surface area contributed by atoms with Gasteiger partial charge in [0.05, 0.1) is 16.6 Å². The van der Waals surface area contributed by atoms with Crippen LogP contribution in [0.4, 0.5) is 0 Å². The summed E-state index contributed by atoms with van der Waals surface area (Å²) in [4.78, 5) is 13.5. The van der Waals surface area contributed by atoms with E-state index in [2.05, 4.69) is 16.7 Å². The Balaban J connectivity index is 1.86. The van der Waals surface area contributed by atoms with E-state index in [0.29, 0.717) is 5.92 Å². The van der Waals surface area contributed by atoms with Crippen LogP contribution in [0.2, 0.25) is 0 Å². The van der Waals surface area contributed by atoms with Crippen LogP contribution in [0.15, 0.2) is 64.4 Å². The highest BCUT2D eigenvalue weighted by molar-refractivity contribution is 7.91. The van der Waals surface area contributed by atoms with Crippen molar-refractivity contribution >= 4 is 32.9 Å². The summed E-state index contributed by atoms with van der Waals surface area (Å²) in [6, 6.07) is 16.0. The lowest BCUT2D eigenvalue weighted by Crippen LogP contribution is -2.17. The number of hydrogen-bond donors (Lipinski definition) is 0. The van der Waals surface area contributed by atoms with Crippen LogP contribution in [0.5, 0.6) is 0 Å². The minimum absolute atomic E-state index is 0.0135. The largest absolute Gasteiger partial charge is 0.612 e. The SMILES string of the molecule is Cn1cc(-c2cc3c([S+](C)[O-])cccc3n2CC2CC2)c2ccccc2c1=O. The van der Waals surface area contributed by atoms with Gasteiger partial charge in [-0.3, -0.25) is 4.79 Å². The number of nitrogens with zero attached hydrogens (tertiary/aromatic N) is 2. The molecular formula is C23H22N2O2S. The number of aromatic nitrogens is 2. The van der Waals surface area contributed by atoms with E-state index >= 15 is 0 Å². The highest BCUT2D eigenvalue weighted by atomic mass is 32.2. The second-order valence-corrected chi connectivity index (χ2v) is 9.08. The third kappa shape index (κ3) is 2.77. The monoisotopic (exact) mass is 390 g/mol. The summed E-state index contributed by atoms with van der Waals surface area (Å²) >= 11 is -1.06. The smallest absolute Gasteiger partial charge is 0.258 e. The molecule has 1 aliphatic rings. The number of pyridine rings is 1. The topological polar surface area (TPSA) is 50.0 Å². The molecule has 1 unspecified atom stereocenters. The van der Waals surface area contributed by atoms with Gasteiger partial charge >= 0.3 is 0 Å². The minimum Gasteiger partial charge on any atom is -0.612 e. The summed E-state index contributed by atoms with van der Waals surface area (Å²) in [5.41, 5.74) is 3.26. The van der Waals surface area contributed by atoms with Crippen molar-refractivity contribution in [2.45, 2.75) is 24.3 Å². The van der Waals surface area contributed by atoms with Gasteiger partial charge in [-0.25, -0.2) is 0 Å². The summed E-state index contributed by atoms with van der Waals surface area (Å²) in [5.74, 6) is 0.698. The number of aryl methyl sites for hydroxylation is 1. The van der Waals surface area contributed by atoms with Crippen LogP contribution < -0.4 is 5.56 Å². The quantitative estimate of drug-likeness (QED) is 0.488. The highest BCUT2D eigenvalue weighted by Crippen LogP contribution is 2.38. The molecule has 0 bridgehead atoms. The van der Waals surface area contributed by atoms with Crippen molar-refractivity contribution in [1.29, 1.82) is 0 Å². The molecule has 0 spiro atoms. The molecule has 4 nitrogen and oxygen atoms in total. The Bertz CT molecular complexity index is 1270. The van der Waals surface area contributed by atoms with Crippen molar-refractivity contribution < 1.29 is 4.55 Å². The minimum atomic E-state index is -1.06. The van der Waals surface area contributed by atoms with Crippen LogP contribution in [-0.4, -0.2) is 19.9 Å². The Morgan fingerprint density at radius 2 is 1.82 bits per heavy atom. The number of hydrogen-bond acceptors (Lipinski definition) is 2. The summed E-state index contributed by atoms with van der Waals surface area (Å²) < 4.78 is 16.3. The fourth-order valence-corrected chi connectivity index (χ4v) is 4.85. The normalized spacial score (nSPS) is 15.4. The van der Waals surface area contributed by atoms with Gasteiger partial charge in [0.2, 0.25) is 0 Å². The first kappa shape index (κ1) is 17.6. The molecule has 0 saturated heterocycles. The predicted octanol–water partition coefficient (Wildman–Crippen LogP) is 4.31. The molecule has 142 valence electrons. The van der Waals surface area contributed by atoms with Gasteiger partial charge in [0.15, 0.2) is 4.90 Å². The van der Waals surface area contributed by atoms with Gasteiger partial charge in [-0.05, 0) is 59.6 Å². The van der Waals surface area contributed by atoms with Crippen molar-refractivity contribution in [2.75, 3.05) is 6.26 Å². The summed E-state index contributed by atoms with van der Waals surface area (Å²) in [6.45, 7) is 0.954. The van der Waals surface area contributed by atoms with E-state index in [1.165, 1.54) is 12.8 Å². The summed E-state index contributed by atoms with van der Waals surface area (Å²) in [5, 5.41) is 2.73. The third-order valence-electron chi connectivity index (χ3n) is 5.72. The standard InChI is InChI=1S/C23H22N2O2S/c1-24-14-19(16-6-3-4-7-17(16)23(24)26)21-12-18-20(25(21)13-15-10-11-15)8-5-9-22(18)28(2)27/h3-9,12,14-15H,10-11,13H2,1-2H3. The van der Waals surface area contributed by atoms with E-state index in [4.69, 9.17) is 0 Å². The number of rotatable bonds is 4. The highest BCUT2D eigenvalue weighted by Gasteiger charge is 2.26. The van der Waals surface area contributed by atoms with Crippen LogP contribution >= 0.6 is 0 Å². The Morgan fingerprint density at radius 3 is 2.54 bits per heavy atom. The molecule has 28 heavy (non-hydrogen) atoms. The van der Waals surface area contributed by atoms with Gasteiger partial charge in [-0.15, -0.1) is 0 Å². The van der Waals surface area contributed by atoms with Gasteiger partial charge in [0, 0.05) is 30.7 Å². The average molecular weight is 391 g/mol. The van der Waals surface area contributed by atoms with Crippen molar-refractivity contribution in [3.63, 3.8) is 0 Å². The zero-order chi connectivity index (χ0) is 19.4. The van der Waals surface area contributed by atoms with Gasteiger partial charge in [-0.2, -0.15) is 0 Å². The zero-order valence-corrected chi connectivity index (χ0v) is 16.8. The zero-order valence-electron chi connectivity index (χ0n) is 16.0. The lowest BCUT2D eigenvalue weighted by Gasteiger charge is -2.14. The lowest BCUT2D eigenvalue weighted by molar-refractivity contribution is 0.601. The molecule has 1 atom stereocenters. The lowest BCUT2D eigenvalue weighted by atomic mass is 10.0. The maximum absolute atomic E-state index is 12.6. The molecule has 2 aromatic carbocycles. The average Bonchev–Trinajstić information content (AvgIpc) is 3.44. The molecular weight excluding hydrogens is 368 g/mol. The first-order valence-corrected chi connectivity index (χ1v) is 11.1. The second-order valence-electron chi connectivity index (χ2n) is 7.73. The van der Waals surface area contributed by atoms with E-state index in [0.717, 1.165) is 44.4 Å². The molecule has 4 aromatic rings. The van der Waals surface area contributed by atoms with Crippen molar-refractivity contribution in [1.82, 2.24) is 9.13 Å². The van der Waals surface area contributed by atoms with E-state index in [9.17, 15) is 9.35 Å². The number of fused-ring (bicyclic) bond motifs is 2. The van der Waals surface area contributed by atoms with Gasteiger partial charge < -0.3 is 13.7 Å². The van der Waals surface area contributed by atoms with Crippen LogP contribution in [-0.2, 0) is 24.8 Å².